The molecule has 1 atom stereocenters. The van der Waals surface area contributed by atoms with Crippen molar-refractivity contribution in [2.75, 3.05) is 12.3 Å². The van der Waals surface area contributed by atoms with Crippen molar-refractivity contribution in [3.8, 4) is 0 Å². The highest BCUT2D eigenvalue weighted by molar-refractivity contribution is 8.00. The van der Waals surface area contributed by atoms with Gasteiger partial charge in [0.25, 0.3) is 0 Å². The van der Waals surface area contributed by atoms with Gasteiger partial charge in [-0.2, -0.15) is 0 Å². The van der Waals surface area contributed by atoms with Crippen molar-refractivity contribution in [2.24, 2.45) is 0 Å². The van der Waals surface area contributed by atoms with Crippen LogP contribution in [0.4, 0.5) is 0 Å². The van der Waals surface area contributed by atoms with E-state index >= 15 is 0 Å². The molecule has 1 N–H and O–H groups in total. The number of rotatable bonds is 6. The molecular weight excluding hydrogens is 318 g/mol. The van der Waals surface area contributed by atoms with E-state index in [9.17, 15) is 4.79 Å². The Labute approximate surface area is 145 Å². The largest absolute Gasteiger partial charge is 0.355 e. The van der Waals surface area contributed by atoms with Gasteiger partial charge in [0.05, 0.1) is 11.3 Å². The first-order chi connectivity index (χ1) is 11.7. The predicted molar refractivity (Wildman–Crippen MR) is 98.1 cm³/mol. The fraction of sp³-hybridized carbons (Fsp3) is 0.211. The van der Waals surface area contributed by atoms with E-state index in [0.717, 1.165) is 15.9 Å². The molecule has 0 unspecified atom stereocenters. The Morgan fingerprint density at radius 1 is 1.08 bits per heavy atom. The lowest BCUT2D eigenvalue weighted by atomic mass is 10.0. The minimum Gasteiger partial charge on any atom is -0.355 e. The number of benzene rings is 2. The first-order valence-corrected chi connectivity index (χ1v) is 8.87. The van der Waals surface area contributed by atoms with E-state index in [2.05, 4.69) is 34.3 Å². The molecule has 0 saturated carbocycles. The number of para-hydroxylation sites is 1. The average molecular weight is 337 g/mol. The number of hydrogen-bond acceptors (Lipinski definition) is 4. The van der Waals surface area contributed by atoms with Crippen molar-refractivity contribution in [1.29, 1.82) is 0 Å². The van der Waals surface area contributed by atoms with E-state index in [4.69, 9.17) is 0 Å². The molecule has 0 aliphatic rings. The Morgan fingerprint density at radius 2 is 1.83 bits per heavy atom. The molecule has 4 nitrogen and oxygen atoms in total. The molecule has 122 valence electrons. The van der Waals surface area contributed by atoms with E-state index in [0.29, 0.717) is 18.2 Å². The van der Waals surface area contributed by atoms with E-state index < -0.39 is 0 Å². The molecule has 0 aliphatic heterocycles. The number of carbonyl (C=O) groups excluding carboxylic acids is 1. The monoisotopic (exact) mass is 337 g/mol. The van der Waals surface area contributed by atoms with Crippen LogP contribution in [0.25, 0.3) is 10.9 Å². The van der Waals surface area contributed by atoms with Crippen LogP contribution in [0.15, 0.2) is 66.0 Å². The molecule has 0 fully saturated rings. The zero-order chi connectivity index (χ0) is 16.8. The lowest BCUT2D eigenvalue weighted by molar-refractivity contribution is -0.118. The molecule has 24 heavy (non-hydrogen) atoms. The smallest absolute Gasteiger partial charge is 0.230 e. The average Bonchev–Trinajstić information content (AvgIpc) is 2.65. The van der Waals surface area contributed by atoms with Gasteiger partial charge >= 0.3 is 0 Å². The molecule has 3 aromatic rings. The highest BCUT2D eigenvalue weighted by Gasteiger charge is 2.10. The topological polar surface area (TPSA) is 54.9 Å². The van der Waals surface area contributed by atoms with Crippen LogP contribution in [0.1, 0.15) is 18.4 Å². The summed E-state index contributed by atoms with van der Waals surface area (Å²) in [7, 11) is 0. The maximum Gasteiger partial charge on any atom is 0.230 e. The Bertz CT molecular complexity index is 818. The van der Waals surface area contributed by atoms with Crippen LogP contribution >= 0.6 is 11.8 Å². The highest BCUT2D eigenvalue weighted by Crippen LogP contribution is 2.23. The molecule has 3 rings (SSSR count). The van der Waals surface area contributed by atoms with Crippen LogP contribution in [-0.2, 0) is 4.79 Å². The van der Waals surface area contributed by atoms with Crippen molar-refractivity contribution >= 4 is 28.6 Å². The molecule has 5 heteroatoms. The second-order valence-electron chi connectivity index (χ2n) is 5.60. The third-order valence-corrected chi connectivity index (χ3v) is 4.83. The van der Waals surface area contributed by atoms with Crippen molar-refractivity contribution in [2.45, 2.75) is 17.9 Å². The molecule has 0 spiro atoms. The predicted octanol–water partition coefficient (Wildman–Crippen LogP) is 3.64. The molecule has 0 bridgehead atoms. The molecule has 2 aromatic carbocycles. The first kappa shape index (κ1) is 16.5. The van der Waals surface area contributed by atoms with Crippen LogP contribution in [0.3, 0.4) is 0 Å². The molecule has 0 radical (unpaired) electrons. The summed E-state index contributed by atoms with van der Waals surface area (Å²) in [5.74, 6) is 0.660. The number of fused-ring (bicyclic) bond motifs is 1. The molecule has 1 aromatic heterocycles. The number of aromatic nitrogens is 2. The fourth-order valence-electron chi connectivity index (χ4n) is 2.45. The molecule has 0 aliphatic carbocycles. The highest BCUT2D eigenvalue weighted by atomic mass is 32.2. The third-order valence-electron chi connectivity index (χ3n) is 3.82. The number of nitrogens with one attached hydrogen (secondary N) is 1. The van der Waals surface area contributed by atoms with Gasteiger partial charge in [0.1, 0.15) is 11.4 Å². The quantitative estimate of drug-likeness (QED) is 0.551. The molecule has 1 heterocycles. The number of carbonyl (C=O) groups is 1. The van der Waals surface area contributed by atoms with Gasteiger partial charge in [0.2, 0.25) is 5.91 Å². The summed E-state index contributed by atoms with van der Waals surface area (Å²) in [5.41, 5.74) is 2.13. The maximum absolute atomic E-state index is 12.1. The van der Waals surface area contributed by atoms with Gasteiger partial charge in [-0.25, -0.2) is 9.97 Å². The summed E-state index contributed by atoms with van der Waals surface area (Å²) in [6, 6.07) is 18.0. The first-order valence-electron chi connectivity index (χ1n) is 7.88. The van der Waals surface area contributed by atoms with Crippen LogP contribution in [0, 0.1) is 0 Å². The van der Waals surface area contributed by atoms with E-state index in [-0.39, 0.29) is 5.91 Å². The summed E-state index contributed by atoms with van der Waals surface area (Å²) in [6.07, 6.45) is 1.54. The number of amides is 1. The summed E-state index contributed by atoms with van der Waals surface area (Å²) < 4.78 is 0. The van der Waals surface area contributed by atoms with Gasteiger partial charge < -0.3 is 5.32 Å². The van der Waals surface area contributed by atoms with E-state index in [1.807, 2.05) is 42.5 Å². The Kier molecular flexibility index (Phi) is 5.43. The Balaban J connectivity index is 1.54. The zero-order valence-corrected chi connectivity index (χ0v) is 14.3. The van der Waals surface area contributed by atoms with Gasteiger partial charge in [-0.15, -0.1) is 0 Å². The third kappa shape index (κ3) is 4.11. The minimum absolute atomic E-state index is 0.0190. The lowest BCUT2D eigenvalue weighted by Gasteiger charge is -2.13. The van der Waals surface area contributed by atoms with E-state index in [1.165, 1.54) is 17.3 Å². The van der Waals surface area contributed by atoms with Crippen molar-refractivity contribution in [3.63, 3.8) is 0 Å². The second kappa shape index (κ2) is 7.93. The van der Waals surface area contributed by atoms with Gasteiger partial charge in [-0.05, 0) is 17.5 Å². The maximum atomic E-state index is 12.1. The SMILES string of the molecule is C[C@H](CNC(=O)CSc1ncnc2ccccc12)c1ccccc1. The van der Waals surface area contributed by atoms with Crippen LogP contribution in [-0.4, -0.2) is 28.2 Å². The second-order valence-corrected chi connectivity index (χ2v) is 6.56. The number of hydrogen-bond donors (Lipinski definition) is 1. The minimum atomic E-state index is 0.0190. The molecule has 0 saturated heterocycles. The van der Waals surface area contributed by atoms with Crippen LogP contribution < -0.4 is 5.32 Å². The fourth-order valence-corrected chi connectivity index (χ4v) is 3.27. The van der Waals surface area contributed by atoms with Gasteiger partial charge in [-0.1, -0.05) is 67.2 Å². The Morgan fingerprint density at radius 3 is 2.67 bits per heavy atom. The van der Waals surface area contributed by atoms with Crippen molar-refractivity contribution < 1.29 is 4.79 Å². The van der Waals surface area contributed by atoms with Crippen LogP contribution in [0.2, 0.25) is 0 Å². The summed E-state index contributed by atoms with van der Waals surface area (Å²) in [6.45, 7) is 2.74. The lowest BCUT2D eigenvalue weighted by Crippen LogP contribution is -2.29. The van der Waals surface area contributed by atoms with Crippen molar-refractivity contribution in [1.82, 2.24) is 15.3 Å². The molecule has 1 amide bonds. The van der Waals surface area contributed by atoms with Crippen molar-refractivity contribution in [3.05, 3.63) is 66.5 Å². The van der Waals surface area contributed by atoms with Crippen LogP contribution in [0.5, 0.6) is 0 Å². The Hall–Kier alpha value is -2.40. The number of thioether (sulfide) groups is 1. The standard InChI is InChI=1S/C19H19N3OS/c1-14(15-7-3-2-4-8-15)11-20-18(23)12-24-19-16-9-5-6-10-17(16)21-13-22-19/h2-10,13-14H,11-12H2,1H3,(H,20,23)/t14-/m1/s1. The molecular formula is C19H19N3OS. The zero-order valence-electron chi connectivity index (χ0n) is 13.5. The summed E-state index contributed by atoms with van der Waals surface area (Å²) in [4.78, 5) is 20.6. The summed E-state index contributed by atoms with van der Waals surface area (Å²) in [5, 5.41) is 4.82. The van der Waals surface area contributed by atoms with Gasteiger partial charge in [-0.3, -0.25) is 4.79 Å². The summed E-state index contributed by atoms with van der Waals surface area (Å²) >= 11 is 1.44. The number of nitrogens with zero attached hydrogens (tertiary/aromatic N) is 2. The normalized spacial score (nSPS) is 12.0. The van der Waals surface area contributed by atoms with E-state index in [1.54, 1.807) is 6.33 Å². The van der Waals surface area contributed by atoms with Gasteiger partial charge in [0, 0.05) is 11.9 Å². The van der Waals surface area contributed by atoms with Gasteiger partial charge in [0.15, 0.2) is 0 Å².